The standard InChI is InChI=1S/C24H24ClNO5S2/c1-30-13-14-31-16-23(18-5-3-2-4-6-18)15-24(23,22(27)28)26-33(29)21-12-11-20(32-21)17-7-9-19(25)10-8-17/h2-12,26H,13-16H2,1H3,(H,27,28). The lowest BCUT2D eigenvalue weighted by Gasteiger charge is -2.24. The second kappa shape index (κ2) is 10.0. The van der Waals surface area contributed by atoms with Crippen LogP contribution in [-0.4, -0.2) is 47.8 Å². The summed E-state index contributed by atoms with van der Waals surface area (Å²) in [5.74, 6) is -1.05. The monoisotopic (exact) mass is 505 g/mol. The van der Waals surface area contributed by atoms with Gasteiger partial charge in [0.25, 0.3) is 0 Å². The fraction of sp³-hybridized carbons (Fsp3) is 0.292. The van der Waals surface area contributed by atoms with Crippen LogP contribution >= 0.6 is 22.9 Å². The highest BCUT2D eigenvalue weighted by Gasteiger charge is 2.74. The number of ether oxygens (including phenoxy) is 2. The number of nitrogens with one attached hydrogen (secondary N) is 1. The predicted molar refractivity (Wildman–Crippen MR) is 130 cm³/mol. The van der Waals surface area contributed by atoms with E-state index in [9.17, 15) is 14.1 Å². The molecule has 0 amide bonds. The normalized spacial score (nSPS) is 22.7. The van der Waals surface area contributed by atoms with Gasteiger partial charge in [0.1, 0.15) is 20.7 Å². The van der Waals surface area contributed by atoms with E-state index in [0.717, 1.165) is 16.0 Å². The first-order valence-corrected chi connectivity index (χ1v) is 12.7. The van der Waals surface area contributed by atoms with E-state index < -0.39 is 27.9 Å². The molecule has 1 heterocycles. The zero-order chi connectivity index (χ0) is 23.5. The smallest absolute Gasteiger partial charge is 0.325 e. The molecule has 1 aliphatic carbocycles. The van der Waals surface area contributed by atoms with Crippen molar-refractivity contribution in [3.8, 4) is 10.4 Å². The first kappa shape index (κ1) is 24.1. The van der Waals surface area contributed by atoms with Gasteiger partial charge in [0.15, 0.2) is 0 Å². The molecule has 1 aliphatic rings. The Hall–Kier alpha value is -2.07. The summed E-state index contributed by atoms with van der Waals surface area (Å²) in [5.41, 5.74) is -0.448. The maximum absolute atomic E-state index is 13.3. The van der Waals surface area contributed by atoms with Crippen LogP contribution in [0.4, 0.5) is 0 Å². The van der Waals surface area contributed by atoms with Crippen LogP contribution in [0.5, 0.6) is 0 Å². The molecule has 0 spiro atoms. The Morgan fingerprint density at radius 3 is 2.52 bits per heavy atom. The minimum atomic E-state index is -1.72. The van der Waals surface area contributed by atoms with Crippen molar-refractivity contribution in [2.24, 2.45) is 0 Å². The SMILES string of the molecule is COCCOCC1(c2ccccc2)CC1(NS(=O)c1ccc(-c2ccc(Cl)cc2)s1)C(=O)O. The van der Waals surface area contributed by atoms with Crippen molar-refractivity contribution in [3.05, 3.63) is 77.3 Å². The molecule has 2 N–H and O–H groups in total. The van der Waals surface area contributed by atoms with Gasteiger partial charge in [-0.25, -0.2) is 8.93 Å². The van der Waals surface area contributed by atoms with Gasteiger partial charge in [-0.15, -0.1) is 11.3 Å². The van der Waals surface area contributed by atoms with E-state index in [-0.39, 0.29) is 13.0 Å². The lowest BCUT2D eigenvalue weighted by Crippen LogP contribution is -2.48. The van der Waals surface area contributed by atoms with E-state index in [4.69, 9.17) is 21.1 Å². The van der Waals surface area contributed by atoms with Gasteiger partial charge in [-0.2, -0.15) is 0 Å². The number of halogens is 1. The molecule has 0 aliphatic heterocycles. The van der Waals surface area contributed by atoms with Gasteiger partial charge in [0.05, 0.1) is 25.2 Å². The van der Waals surface area contributed by atoms with Crippen LogP contribution in [-0.2, 0) is 30.7 Å². The Morgan fingerprint density at radius 1 is 1.12 bits per heavy atom. The maximum atomic E-state index is 13.3. The summed E-state index contributed by atoms with van der Waals surface area (Å²) in [5, 5.41) is 10.9. The fourth-order valence-electron chi connectivity index (χ4n) is 4.02. The van der Waals surface area contributed by atoms with Gasteiger partial charge in [0.2, 0.25) is 0 Å². The van der Waals surface area contributed by atoms with Crippen molar-refractivity contribution in [1.29, 1.82) is 0 Å². The molecule has 6 nitrogen and oxygen atoms in total. The molecule has 174 valence electrons. The van der Waals surface area contributed by atoms with E-state index in [0.29, 0.717) is 22.4 Å². The van der Waals surface area contributed by atoms with Crippen molar-refractivity contribution < 1.29 is 23.6 Å². The van der Waals surface area contributed by atoms with Crippen molar-refractivity contribution in [1.82, 2.24) is 4.72 Å². The highest BCUT2D eigenvalue weighted by molar-refractivity contribution is 7.85. The molecule has 1 fully saturated rings. The van der Waals surface area contributed by atoms with Gasteiger partial charge in [-0.05, 0) is 41.8 Å². The number of hydrogen-bond acceptors (Lipinski definition) is 5. The highest BCUT2D eigenvalue weighted by atomic mass is 35.5. The number of carboxylic acids is 1. The summed E-state index contributed by atoms with van der Waals surface area (Å²) in [6, 6.07) is 20.4. The third-order valence-corrected chi connectivity index (χ3v) is 8.81. The van der Waals surface area contributed by atoms with E-state index >= 15 is 0 Å². The molecule has 3 atom stereocenters. The largest absolute Gasteiger partial charge is 0.480 e. The molecule has 1 aromatic heterocycles. The van der Waals surface area contributed by atoms with Gasteiger partial charge in [-0.3, -0.25) is 4.79 Å². The lowest BCUT2D eigenvalue weighted by atomic mass is 9.91. The van der Waals surface area contributed by atoms with Crippen LogP contribution in [0.3, 0.4) is 0 Å². The molecular formula is C24H24ClNO5S2. The average Bonchev–Trinajstić information content (AvgIpc) is 3.21. The van der Waals surface area contributed by atoms with Crippen LogP contribution in [0, 0.1) is 0 Å². The third kappa shape index (κ3) is 4.77. The summed E-state index contributed by atoms with van der Waals surface area (Å²) in [7, 11) is -0.134. The van der Waals surface area contributed by atoms with Crippen LogP contribution in [0.15, 0.2) is 70.9 Å². The molecule has 3 aromatic rings. The Balaban J connectivity index is 1.58. The van der Waals surface area contributed by atoms with Crippen LogP contribution in [0.1, 0.15) is 12.0 Å². The molecular weight excluding hydrogens is 482 g/mol. The molecule has 9 heteroatoms. The minimum absolute atomic E-state index is 0.178. The summed E-state index contributed by atoms with van der Waals surface area (Å²) in [4.78, 5) is 13.4. The van der Waals surface area contributed by atoms with E-state index in [1.807, 2.05) is 48.5 Å². The van der Waals surface area contributed by atoms with Gasteiger partial charge in [-0.1, -0.05) is 54.1 Å². The first-order valence-electron chi connectivity index (χ1n) is 10.3. The topological polar surface area (TPSA) is 84.9 Å². The number of rotatable bonds is 11. The Labute approximate surface area is 204 Å². The fourth-order valence-corrected chi connectivity index (χ4v) is 6.55. The third-order valence-electron chi connectivity index (χ3n) is 5.89. The van der Waals surface area contributed by atoms with E-state index in [1.54, 1.807) is 25.3 Å². The molecule has 0 bridgehead atoms. The number of methoxy groups -OCH3 is 1. The zero-order valence-corrected chi connectivity index (χ0v) is 20.3. The molecule has 33 heavy (non-hydrogen) atoms. The van der Waals surface area contributed by atoms with Crippen molar-refractivity contribution in [2.75, 3.05) is 26.9 Å². The number of thiophene rings is 1. The number of hydrogen-bond donors (Lipinski definition) is 2. The number of aliphatic carboxylic acids is 1. The summed E-state index contributed by atoms with van der Waals surface area (Å²) in [6.07, 6.45) is 0.271. The predicted octanol–water partition coefficient (Wildman–Crippen LogP) is 4.51. The second-order valence-electron chi connectivity index (χ2n) is 7.88. The number of carbonyl (C=O) groups is 1. The Morgan fingerprint density at radius 2 is 1.85 bits per heavy atom. The molecule has 4 rings (SSSR count). The summed E-state index contributed by atoms with van der Waals surface area (Å²) in [6.45, 7) is 0.934. The summed E-state index contributed by atoms with van der Waals surface area (Å²) >= 11 is 7.32. The van der Waals surface area contributed by atoms with Gasteiger partial charge < -0.3 is 14.6 Å². The zero-order valence-electron chi connectivity index (χ0n) is 18.0. The Bertz CT molecular complexity index is 1140. The van der Waals surface area contributed by atoms with Crippen molar-refractivity contribution in [2.45, 2.75) is 21.6 Å². The average molecular weight is 506 g/mol. The van der Waals surface area contributed by atoms with Crippen LogP contribution < -0.4 is 4.72 Å². The van der Waals surface area contributed by atoms with Gasteiger partial charge >= 0.3 is 5.97 Å². The first-order chi connectivity index (χ1) is 15.9. The van der Waals surface area contributed by atoms with Crippen molar-refractivity contribution in [3.63, 3.8) is 0 Å². The molecule has 0 radical (unpaired) electrons. The quantitative estimate of drug-likeness (QED) is 0.374. The number of benzene rings is 2. The van der Waals surface area contributed by atoms with E-state index in [1.165, 1.54) is 11.3 Å². The molecule has 3 unspecified atom stereocenters. The molecule has 1 saturated carbocycles. The Kier molecular flexibility index (Phi) is 7.33. The molecule has 2 aromatic carbocycles. The van der Waals surface area contributed by atoms with Crippen LogP contribution in [0.2, 0.25) is 5.02 Å². The highest BCUT2D eigenvalue weighted by Crippen LogP contribution is 2.58. The van der Waals surface area contributed by atoms with Crippen molar-refractivity contribution >= 4 is 39.9 Å². The lowest BCUT2D eigenvalue weighted by molar-refractivity contribution is -0.141. The maximum Gasteiger partial charge on any atom is 0.325 e. The second-order valence-corrected chi connectivity index (χ2v) is 10.8. The number of carboxylic acid groups (broad SMARTS) is 1. The minimum Gasteiger partial charge on any atom is -0.480 e. The van der Waals surface area contributed by atoms with Crippen LogP contribution in [0.25, 0.3) is 10.4 Å². The summed E-state index contributed by atoms with van der Waals surface area (Å²) < 4.78 is 27.6. The van der Waals surface area contributed by atoms with Gasteiger partial charge in [0, 0.05) is 17.0 Å². The molecule has 0 saturated heterocycles. The van der Waals surface area contributed by atoms with E-state index in [2.05, 4.69) is 4.72 Å².